The molecule has 5 atom stereocenters. The number of ether oxygens (including phenoxy) is 2. The Morgan fingerprint density at radius 2 is 2.05 bits per heavy atom. The first kappa shape index (κ1) is 14.8. The quantitative estimate of drug-likeness (QED) is 0.546. The fourth-order valence-electron chi connectivity index (χ4n) is 4.33. The second-order valence-electron chi connectivity index (χ2n) is 7.07. The number of esters is 2. The molecule has 0 aromatic rings. The fraction of sp³-hybridized carbons (Fsp3) is 0.875. The Morgan fingerprint density at radius 1 is 1.33 bits per heavy atom. The molecule has 3 aliphatic rings. The highest BCUT2D eigenvalue weighted by atomic mass is 16.6. The van der Waals surface area contributed by atoms with Crippen molar-refractivity contribution in [3.63, 3.8) is 0 Å². The molecule has 21 heavy (non-hydrogen) atoms. The second-order valence-corrected chi connectivity index (χ2v) is 7.07. The van der Waals surface area contributed by atoms with Gasteiger partial charge in [-0.15, -0.1) is 0 Å². The van der Waals surface area contributed by atoms with Crippen LogP contribution in [0.15, 0.2) is 0 Å². The van der Waals surface area contributed by atoms with Crippen molar-refractivity contribution in [1.82, 2.24) is 0 Å². The van der Waals surface area contributed by atoms with Gasteiger partial charge in [0.25, 0.3) is 0 Å². The second kappa shape index (κ2) is 5.27. The Balaban J connectivity index is 1.56. The Morgan fingerprint density at radius 3 is 2.71 bits per heavy atom. The number of likely N-dealkylation sites (N-methyl/N-ethyl adjacent to an activating group) is 1. The first-order chi connectivity index (χ1) is 9.99. The summed E-state index contributed by atoms with van der Waals surface area (Å²) in [5.74, 6) is -0.254. The third-order valence-corrected chi connectivity index (χ3v) is 6.16. The number of quaternary nitrogens is 1. The summed E-state index contributed by atoms with van der Waals surface area (Å²) >= 11 is 0. The summed E-state index contributed by atoms with van der Waals surface area (Å²) in [4.78, 5) is 24.3. The van der Waals surface area contributed by atoms with Crippen LogP contribution in [0.2, 0.25) is 0 Å². The van der Waals surface area contributed by atoms with E-state index in [2.05, 4.69) is 20.9 Å². The molecule has 0 radical (unpaired) electrons. The number of fused-ring (bicyclic) bond motifs is 1. The molecule has 0 aromatic heterocycles. The third kappa shape index (κ3) is 2.35. The van der Waals surface area contributed by atoms with Gasteiger partial charge in [-0.2, -0.15) is 0 Å². The van der Waals surface area contributed by atoms with Gasteiger partial charge in [0.1, 0.15) is 19.3 Å². The predicted molar refractivity (Wildman–Crippen MR) is 76.2 cm³/mol. The van der Waals surface area contributed by atoms with Gasteiger partial charge in [0.05, 0.1) is 32.0 Å². The lowest BCUT2D eigenvalue weighted by atomic mass is 9.80. The number of hydrogen-bond donors (Lipinski definition) is 0. The lowest BCUT2D eigenvalue weighted by Gasteiger charge is -2.32. The van der Waals surface area contributed by atoms with Crippen LogP contribution < -0.4 is 0 Å². The van der Waals surface area contributed by atoms with Gasteiger partial charge in [-0.25, -0.2) is 0 Å². The molecule has 3 fully saturated rings. The largest absolute Gasteiger partial charge is 0.462 e. The summed E-state index contributed by atoms with van der Waals surface area (Å²) < 4.78 is 11.8. The maximum atomic E-state index is 12.4. The summed E-state index contributed by atoms with van der Waals surface area (Å²) in [7, 11) is 2.17. The molecule has 5 heteroatoms. The van der Waals surface area contributed by atoms with Crippen LogP contribution in [0.1, 0.15) is 26.7 Å². The minimum absolute atomic E-state index is 0.0803. The monoisotopic (exact) mass is 296 g/mol. The molecule has 118 valence electrons. The molecular formula is C16H26NO4+. The zero-order valence-electron chi connectivity index (χ0n) is 13.2. The van der Waals surface area contributed by atoms with E-state index < -0.39 is 0 Å². The van der Waals surface area contributed by atoms with Gasteiger partial charge in [-0.3, -0.25) is 9.59 Å². The summed E-state index contributed by atoms with van der Waals surface area (Å²) in [6, 6.07) is 0. The van der Waals surface area contributed by atoms with E-state index in [4.69, 9.17) is 9.47 Å². The average Bonchev–Trinajstić information content (AvgIpc) is 3.08. The summed E-state index contributed by atoms with van der Waals surface area (Å²) in [6.45, 7) is 7.62. The van der Waals surface area contributed by atoms with E-state index in [1.807, 2.05) is 0 Å². The van der Waals surface area contributed by atoms with Gasteiger partial charge < -0.3 is 14.0 Å². The standard InChI is InChI=1S/C16H26NO4/c1-4-17(3,5-2)6-7-20-15(18)13-10-8-11-12(9-10)21-16(19)14(11)13/h10-14H,4-9H2,1-3H3/q+1/t10-,11-,12+,13-,14-/m0/s1. The SMILES string of the molecule is CC[N+](C)(CC)CCOC(=O)[C@H]1[C@H]2C[C@@H]3[C@@H]1C(=O)O[C@@H]3C2. The molecule has 0 amide bonds. The lowest BCUT2D eigenvalue weighted by Crippen LogP contribution is -2.46. The van der Waals surface area contributed by atoms with Crippen LogP contribution in [-0.4, -0.2) is 55.8 Å². The highest BCUT2D eigenvalue weighted by Gasteiger charge is 2.64. The topological polar surface area (TPSA) is 52.6 Å². The number of carbonyl (C=O) groups is 2. The van der Waals surface area contributed by atoms with Crippen molar-refractivity contribution in [2.45, 2.75) is 32.8 Å². The minimum atomic E-state index is -0.247. The molecule has 0 aromatic carbocycles. The van der Waals surface area contributed by atoms with Crippen molar-refractivity contribution in [1.29, 1.82) is 0 Å². The van der Waals surface area contributed by atoms with E-state index in [1.165, 1.54) is 0 Å². The van der Waals surface area contributed by atoms with E-state index >= 15 is 0 Å². The molecule has 3 rings (SSSR count). The van der Waals surface area contributed by atoms with E-state index in [-0.39, 0.29) is 35.8 Å². The predicted octanol–water partition coefficient (Wildman–Crippen LogP) is 1.21. The Kier molecular flexibility index (Phi) is 3.72. The Bertz CT molecular complexity index is 444. The molecule has 2 aliphatic carbocycles. The van der Waals surface area contributed by atoms with Crippen molar-refractivity contribution in [2.24, 2.45) is 23.7 Å². The number of carbonyl (C=O) groups excluding carboxylic acids is 2. The Hall–Kier alpha value is -1.10. The van der Waals surface area contributed by atoms with E-state index in [0.29, 0.717) is 12.5 Å². The number of rotatable bonds is 6. The molecule has 0 spiro atoms. The van der Waals surface area contributed by atoms with Gasteiger partial charge in [0.2, 0.25) is 0 Å². The minimum Gasteiger partial charge on any atom is -0.462 e. The summed E-state index contributed by atoms with van der Waals surface area (Å²) in [5, 5.41) is 0. The smallest absolute Gasteiger partial charge is 0.310 e. The zero-order valence-corrected chi connectivity index (χ0v) is 13.2. The average molecular weight is 296 g/mol. The van der Waals surface area contributed by atoms with Gasteiger partial charge in [0, 0.05) is 5.92 Å². The van der Waals surface area contributed by atoms with Crippen LogP contribution in [0, 0.1) is 23.7 Å². The molecule has 0 N–H and O–H groups in total. The molecule has 2 saturated carbocycles. The van der Waals surface area contributed by atoms with Crippen LogP contribution in [0.4, 0.5) is 0 Å². The zero-order chi connectivity index (χ0) is 15.2. The van der Waals surface area contributed by atoms with Gasteiger partial charge in [-0.1, -0.05) is 0 Å². The first-order valence-corrected chi connectivity index (χ1v) is 8.19. The highest BCUT2D eigenvalue weighted by Crippen LogP contribution is 2.57. The highest BCUT2D eigenvalue weighted by molar-refractivity contribution is 5.85. The van der Waals surface area contributed by atoms with E-state index in [9.17, 15) is 9.59 Å². The summed E-state index contributed by atoms with van der Waals surface area (Å²) in [6.07, 6.45) is 1.89. The first-order valence-electron chi connectivity index (χ1n) is 8.19. The molecular weight excluding hydrogens is 270 g/mol. The molecule has 1 aliphatic heterocycles. The number of hydrogen-bond acceptors (Lipinski definition) is 4. The van der Waals surface area contributed by atoms with Crippen molar-refractivity contribution < 1.29 is 23.5 Å². The van der Waals surface area contributed by atoms with Crippen molar-refractivity contribution >= 4 is 11.9 Å². The van der Waals surface area contributed by atoms with Crippen LogP contribution in [0.25, 0.3) is 0 Å². The molecule has 1 saturated heterocycles. The van der Waals surface area contributed by atoms with Crippen LogP contribution in [0.5, 0.6) is 0 Å². The van der Waals surface area contributed by atoms with Gasteiger partial charge in [0.15, 0.2) is 0 Å². The summed E-state index contributed by atoms with van der Waals surface area (Å²) in [5.41, 5.74) is 0. The van der Waals surface area contributed by atoms with Gasteiger partial charge in [-0.05, 0) is 32.6 Å². The number of nitrogens with zero attached hydrogens (tertiary/aromatic N) is 1. The third-order valence-electron chi connectivity index (χ3n) is 6.16. The molecule has 2 bridgehead atoms. The van der Waals surface area contributed by atoms with Crippen molar-refractivity contribution in [2.75, 3.05) is 33.3 Å². The normalized spacial score (nSPS) is 36.9. The Labute approximate surface area is 126 Å². The van der Waals surface area contributed by atoms with Crippen LogP contribution in [0.3, 0.4) is 0 Å². The van der Waals surface area contributed by atoms with E-state index in [1.54, 1.807) is 0 Å². The van der Waals surface area contributed by atoms with Crippen LogP contribution >= 0.6 is 0 Å². The fourth-order valence-corrected chi connectivity index (χ4v) is 4.33. The lowest BCUT2D eigenvalue weighted by molar-refractivity contribution is -0.906. The molecule has 5 nitrogen and oxygen atoms in total. The molecule has 1 heterocycles. The van der Waals surface area contributed by atoms with Crippen molar-refractivity contribution in [3.05, 3.63) is 0 Å². The maximum absolute atomic E-state index is 12.4. The van der Waals surface area contributed by atoms with E-state index in [0.717, 1.165) is 37.0 Å². The maximum Gasteiger partial charge on any atom is 0.310 e. The van der Waals surface area contributed by atoms with Crippen LogP contribution in [-0.2, 0) is 19.1 Å². The molecule has 0 unspecified atom stereocenters. The van der Waals surface area contributed by atoms with Gasteiger partial charge >= 0.3 is 11.9 Å². The van der Waals surface area contributed by atoms with Crippen molar-refractivity contribution in [3.8, 4) is 0 Å².